The lowest BCUT2D eigenvalue weighted by atomic mass is 10.3. The van der Waals surface area contributed by atoms with Gasteiger partial charge in [-0.25, -0.2) is 4.98 Å². The lowest BCUT2D eigenvalue weighted by molar-refractivity contribution is 0.255. The van der Waals surface area contributed by atoms with Gasteiger partial charge in [-0.05, 0) is 24.3 Å². The highest BCUT2D eigenvalue weighted by atomic mass is 35.5. The molecule has 4 nitrogen and oxygen atoms in total. The molecule has 0 saturated carbocycles. The molecule has 0 atom stereocenters. The van der Waals surface area contributed by atoms with Gasteiger partial charge < -0.3 is 14.4 Å². The van der Waals surface area contributed by atoms with Gasteiger partial charge in [-0.2, -0.15) is 0 Å². The summed E-state index contributed by atoms with van der Waals surface area (Å²) in [5.74, 6) is 1.08. The molecule has 1 aromatic heterocycles. The van der Waals surface area contributed by atoms with Crippen molar-refractivity contribution in [2.24, 2.45) is 0 Å². The van der Waals surface area contributed by atoms with Crippen LogP contribution in [0.1, 0.15) is 5.82 Å². The average molecular weight is 337 g/mol. The first-order valence-electron chi connectivity index (χ1n) is 6.82. The third kappa shape index (κ3) is 2.90. The van der Waals surface area contributed by atoms with Crippen LogP contribution in [-0.4, -0.2) is 21.3 Å². The van der Waals surface area contributed by atoms with Gasteiger partial charge in [0.2, 0.25) is 0 Å². The number of para-hydroxylation sites is 3. The second kappa shape index (κ2) is 6.57. The third-order valence-corrected chi connectivity index (χ3v) is 3.95. The molecule has 0 spiro atoms. The van der Waals surface area contributed by atoms with Crippen LogP contribution in [0, 0.1) is 0 Å². The quantitative estimate of drug-likeness (QED) is 0.768. The lowest BCUT2D eigenvalue weighted by Gasteiger charge is -2.12. The molecule has 0 amide bonds. The van der Waals surface area contributed by atoms with Crippen LogP contribution >= 0.6 is 23.2 Å². The number of hydrogen-bond donors (Lipinski definition) is 1. The Morgan fingerprint density at radius 1 is 1.05 bits per heavy atom. The van der Waals surface area contributed by atoms with Gasteiger partial charge in [0.25, 0.3) is 0 Å². The van der Waals surface area contributed by atoms with E-state index in [9.17, 15) is 5.11 Å². The van der Waals surface area contributed by atoms with Crippen LogP contribution in [0.5, 0.6) is 5.75 Å². The molecule has 1 N–H and O–H groups in total. The van der Waals surface area contributed by atoms with Crippen LogP contribution in [0.4, 0.5) is 0 Å². The molecule has 0 saturated heterocycles. The van der Waals surface area contributed by atoms with E-state index in [0.717, 1.165) is 11.0 Å². The molecule has 0 bridgehead atoms. The zero-order valence-corrected chi connectivity index (χ0v) is 13.2. The Morgan fingerprint density at radius 2 is 1.77 bits per heavy atom. The summed E-state index contributed by atoms with van der Waals surface area (Å²) in [4.78, 5) is 4.40. The van der Waals surface area contributed by atoms with Gasteiger partial charge in [-0.15, -0.1) is 0 Å². The predicted octanol–water partition coefficient (Wildman–Crippen LogP) is 3.91. The number of ether oxygens (including phenoxy) is 1. The molecule has 6 heteroatoms. The van der Waals surface area contributed by atoms with E-state index in [1.165, 1.54) is 0 Å². The molecule has 2 aromatic carbocycles. The summed E-state index contributed by atoms with van der Waals surface area (Å²) < 4.78 is 7.63. The van der Waals surface area contributed by atoms with Crippen molar-refractivity contribution in [3.05, 3.63) is 58.3 Å². The zero-order valence-electron chi connectivity index (χ0n) is 11.7. The third-order valence-electron chi connectivity index (χ3n) is 3.36. The highest BCUT2D eigenvalue weighted by Gasteiger charge is 2.11. The monoisotopic (exact) mass is 336 g/mol. The fraction of sp³-hybridized carbons (Fsp3) is 0.188. The minimum Gasteiger partial charge on any atom is -0.489 e. The summed E-state index contributed by atoms with van der Waals surface area (Å²) in [6.45, 7) is 0.788. The van der Waals surface area contributed by atoms with E-state index in [2.05, 4.69) is 4.98 Å². The highest BCUT2D eigenvalue weighted by Crippen LogP contribution is 2.32. The Labute approximate surface area is 137 Å². The summed E-state index contributed by atoms with van der Waals surface area (Å²) in [7, 11) is 0. The number of nitrogens with zero attached hydrogens (tertiary/aromatic N) is 2. The van der Waals surface area contributed by atoms with Gasteiger partial charge in [0.1, 0.15) is 19.0 Å². The van der Waals surface area contributed by atoms with Crippen LogP contribution in [-0.2, 0) is 13.2 Å². The van der Waals surface area contributed by atoms with E-state index in [0.29, 0.717) is 34.8 Å². The van der Waals surface area contributed by atoms with Crippen molar-refractivity contribution < 1.29 is 9.84 Å². The van der Waals surface area contributed by atoms with Gasteiger partial charge in [0, 0.05) is 0 Å². The van der Waals surface area contributed by atoms with Gasteiger partial charge in [-0.1, -0.05) is 41.4 Å². The fourth-order valence-electron chi connectivity index (χ4n) is 2.36. The second-order valence-corrected chi connectivity index (χ2v) is 5.54. The van der Waals surface area contributed by atoms with Gasteiger partial charge in [0.15, 0.2) is 5.75 Å². The number of benzene rings is 2. The van der Waals surface area contributed by atoms with Gasteiger partial charge in [0.05, 0.1) is 27.6 Å². The maximum Gasteiger partial charge on any atom is 0.156 e. The topological polar surface area (TPSA) is 47.3 Å². The lowest BCUT2D eigenvalue weighted by Crippen LogP contribution is -2.11. The molecular formula is C16H14Cl2N2O2. The molecule has 0 fully saturated rings. The molecule has 0 aliphatic rings. The first-order chi connectivity index (χ1) is 10.7. The summed E-state index contributed by atoms with van der Waals surface area (Å²) in [6.07, 6.45) is 0. The maximum absolute atomic E-state index is 9.46. The van der Waals surface area contributed by atoms with Crippen LogP contribution in [0.15, 0.2) is 42.5 Å². The van der Waals surface area contributed by atoms with Crippen molar-refractivity contribution in [3.63, 3.8) is 0 Å². The Morgan fingerprint density at radius 3 is 2.50 bits per heavy atom. The summed E-state index contributed by atoms with van der Waals surface area (Å²) in [5, 5.41) is 10.4. The van der Waals surface area contributed by atoms with Crippen molar-refractivity contribution in [2.45, 2.75) is 13.2 Å². The largest absolute Gasteiger partial charge is 0.489 e. The number of fused-ring (bicyclic) bond motifs is 1. The zero-order chi connectivity index (χ0) is 15.5. The molecule has 0 aliphatic heterocycles. The van der Waals surface area contributed by atoms with Crippen LogP contribution < -0.4 is 4.74 Å². The fourth-order valence-corrected chi connectivity index (χ4v) is 2.86. The highest BCUT2D eigenvalue weighted by molar-refractivity contribution is 6.37. The smallest absolute Gasteiger partial charge is 0.156 e. The van der Waals surface area contributed by atoms with Crippen molar-refractivity contribution in [3.8, 4) is 5.75 Å². The molecule has 3 rings (SSSR count). The van der Waals surface area contributed by atoms with E-state index < -0.39 is 0 Å². The van der Waals surface area contributed by atoms with Gasteiger partial charge >= 0.3 is 0 Å². The molecule has 3 aromatic rings. The Bertz CT molecular complexity index is 782. The number of rotatable bonds is 5. The van der Waals surface area contributed by atoms with E-state index in [-0.39, 0.29) is 6.61 Å². The molecule has 0 radical (unpaired) electrons. The molecule has 1 heterocycles. The van der Waals surface area contributed by atoms with Crippen molar-refractivity contribution in [1.29, 1.82) is 0 Å². The summed E-state index contributed by atoms with van der Waals surface area (Å²) in [5.41, 5.74) is 1.81. The van der Waals surface area contributed by atoms with E-state index in [1.807, 2.05) is 28.8 Å². The predicted molar refractivity (Wildman–Crippen MR) is 87.6 cm³/mol. The van der Waals surface area contributed by atoms with E-state index in [4.69, 9.17) is 27.9 Å². The Kier molecular flexibility index (Phi) is 4.52. The van der Waals surface area contributed by atoms with Crippen LogP contribution in [0.2, 0.25) is 10.0 Å². The Hall–Kier alpha value is -1.75. The van der Waals surface area contributed by atoms with E-state index in [1.54, 1.807) is 18.2 Å². The summed E-state index contributed by atoms with van der Waals surface area (Å²) in [6, 6.07) is 13.0. The SMILES string of the molecule is OCc1nc2ccccc2n1CCOc1c(Cl)cccc1Cl. The first-order valence-corrected chi connectivity index (χ1v) is 7.58. The van der Waals surface area contributed by atoms with E-state index >= 15 is 0 Å². The number of hydrogen-bond acceptors (Lipinski definition) is 3. The molecular weight excluding hydrogens is 323 g/mol. The minimum absolute atomic E-state index is 0.123. The average Bonchev–Trinajstić information content (AvgIpc) is 2.88. The van der Waals surface area contributed by atoms with Crippen LogP contribution in [0.25, 0.3) is 11.0 Å². The Balaban J connectivity index is 1.79. The number of imidazole rings is 1. The number of halogens is 2. The standard InChI is InChI=1S/C16H14Cl2N2O2/c17-11-4-3-5-12(18)16(11)22-9-8-20-14-7-2-1-6-13(14)19-15(20)10-21/h1-7,21H,8-10H2. The number of aliphatic hydroxyl groups excluding tert-OH is 1. The van der Waals surface area contributed by atoms with Crippen molar-refractivity contribution in [1.82, 2.24) is 9.55 Å². The second-order valence-electron chi connectivity index (χ2n) is 4.73. The van der Waals surface area contributed by atoms with Crippen molar-refractivity contribution >= 4 is 34.2 Å². The summed E-state index contributed by atoms with van der Waals surface area (Å²) >= 11 is 12.2. The van der Waals surface area contributed by atoms with Crippen LogP contribution in [0.3, 0.4) is 0 Å². The first kappa shape index (κ1) is 15.2. The van der Waals surface area contributed by atoms with Crippen molar-refractivity contribution in [2.75, 3.05) is 6.61 Å². The normalized spacial score (nSPS) is 11.0. The maximum atomic E-state index is 9.46. The number of aromatic nitrogens is 2. The van der Waals surface area contributed by atoms with Gasteiger partial charge in [-0.3, -0.25) is 0 Å². The molecule has 0 aliphatic carbocycles. The number of aliphatic hydroxyl groups is 1. The molecule has 0 unspecified atom stereocenters. The molecule has 114 valence electrons. The minimum atomic E-state index is -0.123. The molecule has 22 heavy (non-hydrogen) atoms.